The number of halogens is 2. The van der Waals surface area contributed by atoms with Crippen LogP contribution in [0, 0.1) is 5.82 Å². The summed E-state index contributed by atoms with van der Waals surface area (Å²) in [6.45, 7) is 0. The van der Waals surface area contributed by atoms with Crippen molar-refractivity contribution in [3.8, 4) is 5.75 Å². The second-order valence-electron chi connectivity index (χ2n) is 2.56. The summed E-state index contributed by atoms with van der Waals surface area (Å²) in [6, 6.07) is 2.44. The molecule has 0 aliphatic carbocycles. The van der Waals surface area contributed by atoms with Crippen molar-refractivity contribution in [3.05, 3.63) is 28.5 Å². The largest absolute Gasteiger partial charge is 0.506 e. The normalized spacial score (nSPS) is 10.0. The van der Waals surface area contributed by atoms with E-state index in [1.807, 2.05) is 0 Å². The lowest BCUT2D eigenvalue weighted by Gasteiger charge is -2.05. The summed E-state index contributed by atoms with van der Waals surface area (Å²) >= 11 is 5.56. The topological polar surface area (TPSA) is 37.3 Å². The molecule has 2 nitrogen and oxygen atoms in total. The molecule has 0 spiro atoms. The lowest BCUT2D eigenvalue weighted by atomic mass is 10.1. The Morgan fingerprint density at radius 3 is 2.85 bits per heavy atom. The Bertz CT molecular complexity index is 326. The molecule has 1 rings (SSSR count). The Labute approximate surface area is 80.0 Å². The van der Waals surface area contributed by atoms with Gasteiger partial charge in [0.15, 0.2) is 0 Å². The quantitative estimate of drug-likeness (QED) is 0.764. The average Bonchev–Trinajstić information content (AvgIpc) is 2.12. The summed E-state index contributed by atoms with van der Waals surface area (Å²) < 4.78 is 13.0. The van der Waals surface area contributed by atoms with Crippen molar-refractivity contribution in [3.63, 3.8) is 0 Å². The molecule has 0 atom stereocenters. The molecule has 0 aliphatic heterocycles. The minimum absolute atomic E-state index is 0.0969. The van der Waals surface area contributed by atoms with E-state index in [0.29, 0.717) is 6.29 Å². The van der Waals surface area contributed by atoms with Crippen LogP contribution in [0.4, 0.5) is 4.39 Å². The van der Waals surface area contributed by atoms with Gasteiger partial charge in [0.05, 0.1) is 5.02 Å². The zero-order valence-electron chi connectivity index (χ0n) is 6.76. The summed E-state index contributed by atoms with van der Waals surface area (Å²) in [5, 5.41) is 9.42. The van der Waals surface area contributed by atoms with E-state index in [0.717, 1.165) is 0 Å². The molecule has 0 unspecified atom stereocenters. The molecule has 1 N–H and O–H groups in total. The van der Waals surface area contributed by atoms with Crippen LogP contribution >= 0.6 is 11.6 Å². The summed E-state index contributed by atoms with van der Waals surface area (Å²) in [4.78, 5) is 10.0. The number of benzene rings is 1. The molecule has 0 fully saturated rings. The molecular weight excluding hydrogens is 195 g/mol. The molecule has 0 saturated heterocycles. The highest BCUT2D eigenvalue weighted by Crippen LogP contribution is 2.29. The van der Waals surface area contributed by atoms with Crippen molar-refractivity contribution in [2.75, 3.05) is 0 Å². The molecule has 0 bridgehead atoms. The van der Waals surface area contributed by atoms with E-state index in [4.69, 9.17) is 11.6 Å². The summed E-state index contributed by atoms with van der Waals surface area (Å²) in [5.41, 5.74) is 0.0969. The van der Waals surface area contributed by atoms with Crippen LogP contribution in [0.3, 0.4) is 0 Å². The minimum Gasteiger partial charge on any atom is -0.506 e. The zero-order chi connectivity index (χ0) is 9.84. The Morgan fingerprint density at radius 1 is 1.54 bits per heavy atom. The fourth-order valence-corrected chi connectivity index (χ4v) is 1.20. The molecule has 0 aromatic heterocycles. The predicted molar refractivity (Wildman–Crippen MR) is 47.5 cm³/mol. The molecule has 0 amide bonds. The number of hydrogen-bond acceptors (Lipinski definition) is 2. The van der Waals surface area contributed by atoms with Crippen LogP contribution in [-0.2, 0) is 11.2 Å². The molecule has 0 heterocycles. The third-order valence-corrected chi connectivity index (χ3v) is 1.99. The predicted octanol–water partition coefficient (Wildman–Crippen LogP) is 2.32. The fraction of sp³-hybridized carbons (Fsp3) is 0.222. The van der Waals surface area contributed by atoms with E-state index in [9.17, 15) is 14.3 Å². The standard InChI is InChI=1S/C9H8ClFO2/c10-7-3-4-8(11)6(9(7)13)2-1-5-12/h3-5,13H,1-2H2. The first-order valence-electron chi connectivity index (χ1n) is 3.76. The second kappa shape index (κ2) is 4.23. The molecular formula is C9H8ClFO2. The maximum Gasteiger partial charge on any atom is 0.140 e. The van der Waals surface area contributed by atoms with Crippen molar-refractivity contribution in [2.24, 2.45) is 0 Å². The molecule has 1 aromatic rings. The van der Waals surface area contributed by atoms with Crippen molar-refractivity contribution >= 4 is 17.9 Å². The summed E-state index contributed by atoms with van der Waals surface area (Å²) in [7, 11) is 0. The first-order valence-corrected chi connectivity index (χ1v) is 4.14. The van der Waals surface area contributed by atoms with E-state index >= 15 is 0 Å². The van der Waals surface area contributed by atoms with Gasteiger partial charge in [-0.25, -0.2) is 4.39 Å². The summed E-state index contributed by atoms with van der Waals surface area (Å²) in [6.07, 6.45) is 1.01. The Hall–Kier alpha value is -1.09. The molecule has 0 radical (unpaired) electrons. The number of phenols is 1. The number of rotatable bonds is 3. The maximum absolute atomic E-state index is 13.0. The van der Waals surface area contributed by atoms with E-state index in [1.165, 1.54) is 12.1 Å². The number of carbonyl (C=O) groups excluding carboxylic acids is 1. The highest BCUT2D eigenvalue weighted by atomic mass is 35.5. The first-order chi connectivity index (χ1) is 6.16. The number of hydrogen-bond donors (Lipinski definition) is 1. The van der Waals surface area contributed by atoms with Crippen LogP contribution in [0.25, 0.3) is 0 Å². The lowest BCUT2D eigenvalue weighted by molar-refractivity contribution is -0.107. The highest BCUT2D eigenvalue weighted by molar-refractivity contribution is 6.32. The van der Waals surface area contributed by atoms with Crippen LogP contribution in [0.2, 0.25) is 5.02 Å². The van der Waals surface area contributed by atoms with Gasteiger partial charge in [0.25, 0.3) is 0 Å². The Balaban J connectivity index is 3.02. The van der Waals surface area contributed by atoms with Crippen molar-refractivity contribution in [2.45, 2.75) is 12.8 Å². The van der Waals surface area contributed by atoms with Gasteiger partial charge in [0, 0.05) is 12.0 Å². The summed E-state index contributed by atoms with van der Waals surface area (Å²) in [5.74, 6) is -0.813. The van der Waals surface area contributed by atoms with Crippen molar-refractivity contribution < 1.29 is 14.3 Å². The lowest BCUT2D eigenvalue weighted by Crippen LogP contribution is -1.92. The fourth-order valence-electron chi connectivity index (χ4n) is 1.02. The van der Waals surface area contributed by atoms with Gasteiger partial charge >= 0.3 is 0 Å². The molecule has 0 saturated carbocycles. The van der Waals surface area contributed by atoms with E-state index in [2.05, 4.69) is 0 Å². The molecule has 0 aliphatic rings. The van der Waals surface area contributed by atoms with Gasteiger partial charge in [-0.05, 0) is 18.6 Å². The zero-order valence-corrected chi connectivity index (χ0v) is 7.51. The van der Waals surface area contributed by atoms with Crippen molar-refractivity contribution in [1.82, 2.24) is 0 Å². The molecule has 4 heteroatoms. The van der Waals surface area contributed by atoms with Crippen LogP contribution in [-0.4, -0.2) is 11.4 Å². The van der Waals surface area contributed by atoms with E-state index in [1.54, 1.807) is 0 Å². The van der Waals surface area contributed by atoms with Gasteiger partial charge < -0.3 is 9.90 Å². The van der Waals surface area contributed by atoms with E-state index in [-0.39, 0.29) is 29.2 Å². The van der Waals surface area contributed by atoms with Gasteiger partial charge in [-0.2, -0.15) is 0 Å². The smallest absolute Gasteiger partial charge is 0.140 e. The monoisotopic (exact) mass is 202 g/mol. The molecule has 70 valence electrons. The maximum atomic E-state index is 13.0. The van der Waals surface area contributed by atoms with Gasteiger partial charge in [0.1, 0.15) is 17.9 Å². The first kappa shape index (κ1) is 9.99. The molecule has 1 aromatic carbocycles. The van der Waals surface area contributed by atoms with Gasteiger partial charge in [-0.3, -0.25) is 0 Å². The van der Waals surface area contributed by atoms with Crippen LogP contribution < -0.4 is 0 Å². The number of phenolic OH excluding ortho intramolecular Hbond substituents is 1. The number of carbonyl (C=O) groups is 1. The minimum atomic E-state index is -0.538. The van der Waals surface area contributed by atoms with Gasteiger partial charge in [-0.15, -0.1) is 0 Å². The number of aromatic hydroxyl groups is 1. The number of aldehydes is 1. The van der Waals surface area contributed by atoms with Crippen LogP contribution in [0.5, 0.6) is 5.75 Å². The van der Waals surface area contributed by atoms with Gasteiger partial charge in [-0.1, -0.05) is 11.6 Å². The van der Waals surface area contributed by atoms with Crippen LogP contribution in [0.15, 0.2) is 12.1 Å². The SMILES string of the molecule is O=CCCc1c(F)ccc(Cl)c1O. The Morgan fingerprint density at radius 2 is 2.23 bits per heavy atom. The van der Waals surface area contributed by atoms with Crippen LogP contribution in [0.1, 0.15) is 12.0 Å². The Kier molecular flexibility index (Phi) is 3.25. The highest BCUT2D eigenvalue weighted by Gasteiger charge is 2.10. The van der Waals surface area contributed by atoms with Gasteiger partial charge in [0.2, 0.25) is 0 Å². The van der Waals surface area contributed by atoms with E-state index < -0.39 is 5.82 Å². The van der Waals surface area contributed by atoms with Crippen molar-refractivity contribution in [1.29, 1.82) is 0 Å². The second-order valence-corrected chi connectivity index (χ2v) is 2.97. The molecule has 13 heavy (non-hydrogen) atoms. The average molecular weight is 203 g/mol. The third-order valence-electron chi connectivity index (χ3n) is 1.69. The third kappa shape index (κ3) is 2.18.